The summed E-state index contributed by atoms with van der Waals surface area (Å²) in [6, 6.07) is 3.84. The lowest BCUT2D eigenvalue weighted by molar-refractivity contribution is -0.00418. The molecule has 3 nitrogen and oxygen atoms in total. The normalized spacial score (nSPS) is 29.6. The third-order valence-electron chi connectivity index (χ3n) is 4.61. The van der Waals surface area contributed by atoms with Gasteiger partial charge in [0, 0.05) is 44.3 Å². The maximum Gasteiger partial charge on any atom is 0.128 e. The number of hydrogen-bond donors (Lipinski definition) is 1. The lowest BCUT2D eigenvalue weighted by Gasteiger charge is -2.50. The van der Waals surface area contributed by atoms with Crippen molar-refractivity contribution < 1.29 is 8.78 Å². The summed E-state index contributed by atoms with van der Waals surface area (Å²) in [5.41, 5.74) is 0.460. The van der Waals surface area contributed by atoms with Gasteiger partial charge in [0.2, 0.25) is 0 Å². The standard InChI is InChI=1S/C16H23F2N3/c1-2-5-19-16(13-10-12(17)3-4-14(13)18)15-11-20-6-8-21(15)9-7-20/h3-4,10,15-16,19H,2,5-9,11H2,1H3. The Bertz CT molecular complexity index is 486. The Labute approximate surface area is 124 Å². The minimum atomic E-state index is -0.369. The monoisotopic (exact) mass is 295 g/mol. The van der Waals surface area contributed by atoms with Gasteiger partial charge in [0.1, 0.15) is 11.6 Å². The van der Waals surface area contributed by atoms with E-state index in [2.05, 4.69) is 22.0 Å². The molecule has 4 rings (SSSR count). The van der Waals surface area contributed by atoms with Gasteiger partial charge in [0.15, 0.2) is 0 Å². The van der Waals surface area contributed by atoms with Crippen LogP contribution >= 0.6 is 0 Å². The Kier molecular flexibility index (Phi) is 4.52. The van der Waals surface area contributed by atoms with E-state index >= 15 is 0 Å². The summed E-state index contributed by atoms with van der Waals surface area (Å²) in [5.74, 6) is -0.686. The van der Waals surface area contributed by atoms with E-state index in [1.54, 1.807) is 0 Å². The van der Waals surface area contributed by atoms with Crippen molar-refractivity contribution in [3.05, 3.63) is 35.4 Å². The largest absolute Gasteiger partial charge is 0.309 e. The van der Waals surface area contributed by atoms with Gasteiger partial charge in [0.25, 0.3) is 0 Å². The zero-order valence-corrected chi connectivity index (χ0v) is 12.5. The van der Waals surface area contributed by atoms with E-state index in [0.717, 1.165) is 45.7 Å². The summed E-state index contributed by atoms with van der Waals surface area (Å²) in [4.78, 5) is 4.83. The highest BCUT2D eigenvalue weighted by molar-refractivity contribution is 5.25. The van der Waals surface area contributed by atoms with Crippen LogP contribution in [0, 0.1) is 11.6 Å². The van der Waals surface area contributed by atoms with Crippen LogP contribution in [0.2, 0.25) is 0 Å². The molecule has 5 heteroatoms. The van der Waals surface area contributed by atoms with Crippen molar-refractivity contribution in [2.75, 3.05) is 39.3 Å². The van der Waals surface area contributed by atoms with Crippen molar-refractivity contribution in [2.24, 2.45) is 0 Å². The SMILES string of the molecule is CCCNC(c1cc(F)ccc1F)C1CN2CCN1CC2. The number of nitrogens with zero attached hydrogens (tertiary/aromatic N) is 2. The van der Waals surface area contributed by atoms with Gasteiger partial charge >= 0.3 is 0 Å². The maximum atomic E-state index is 14.2. The van der Waals surface area contributed by atoms with Crippen LogP contribution in [-0.2, 0) is 0 Å². The lowest BCUT2D eigenvalue weighted by atomic mass is 9.93. The Morgan fingerprint density at radius 3 is 2.62 bits per heavy atom. The zero-order chi connectivity index (χ0) is 14.8. The summed E-state index contributed by atoms with van der Waals surface area (Å²) in [5, 5.41) is 3.43. The van der Waals surface area contributed by atoms with E-state index in [-0.39, 0.29) is 23.7 Å². The fourth-order valence-corrected chi connectivity index (χ4v) is 3.48. The molecule has 116 valence electrons. The van der Waals surface area contributed by atoms with Crippen molar-refractivity contribution in [3.8, 4) is 0 Å². The highest BCUT2D eigenvalue weighted by Crippen LogP contribution is 2.29. The van der Waals surface area contributed by atoms with Gasteiger partial charge < -0.3 is 5.32 Å². The summed E-state index contributed by atoms with van der Waals surface area (Å²) in [7, 11) is 0. The quantitative estimate of drug-likeness (QED) is 0.896. The molecule has 3 aliphatic heterocycles. The molecule has 0 spiro atoms. The van der Waals surface area contributed by atoms with Crippen LogP contribution < -0.4 is 5.32 Å². The van der Waals surface area contributed by atoms with Gasteiger partial charge in [-0.25, -0.2) is 8.78 Å². The number of nitrogens with one attached hydrogen (secondary N) is 1. The van der Waals surface area contributed by atoms with E-state index in [9.17, 15) is 8.78 Å². The molecule has 3 fully saturated rings. The average molecular weight is 295 g/mol. The van der Waals surface area contributed by atoms with Crippen molar-refractivity contribution >= 4 is 0 Å². The molecule has 1 aromatic rings. The number of rotatable bonds is 5. The first kappa shape index (κ1) is 14.9. The van der Waals surface area contributed by atoms with E-state index in [0.29, 0.717) is 5.56 Å². The highest BCUT2D eigenvalue weighted by atomic mass is 19.1. The second-order valence-corrected chi connectivity index (χ2v) is 6.00. The topological polar surface area (TPSA) is 18.5 Å². The Morgan fingerprint density at radius 1 is 1.24 bits per heavy atom. The predicted molar refractivity (Wildman–Crippen MR) is 79.2 cm³/mol. The number of piperazine rings is 3. The van der Waals surface area contributed by atoms with Crippen LogP contribution in [0.5, 0.6) is 0 Å². The minimum Gasteiger partial charge on any atom is -0.309 e. The average Bonchev–Trinajstić information content (AvgIpc) is 2.52. The summed E-state index contributed by atoms with van der Waals surface area (Å²) < 4.78 is 27.8. The fraction of sp³-hybridized carbons (Fsp3) is 0.625. The van der Waals surface area contributed by atoms with E-state index in [1.807, 2.05) is 0 Å². The first-order chi connectivity index (χ1) is 10.2. The molecule has 0 aromatic heterocycles. The third-order valence-corrected chi connectivity index (χ3v) is 4.61. The molecule has 3 saturated heterocycles. The van der Waals surface area contributed by atoms with Crippen molar-refractivity contribution in [2.45, 2.75) is 25.4 Å². The van der Waals surface area contributed by atoms with Crippen molar-refractivity contribution in [1.82, 2.24) is 15.1 Å². The molecular weight excluding hydrogens is 272 g/mol. The van der Waals surface area contributed by atoms with Crippen LogP contribution in [0.4, 0.5) is 8.78 Å². The Morgan fingerprint density at radius 2 is 2.00 bits per heavy atom. The summed E-state index contributed by atoms with van der Waals surface area (Å²) in [6.45, 7) is 8.04. The smallest absolute Gasteiger partial charge is 0.128 e. The van der Waals surface area contributed by atoms with E-state index in [4.69, 9.17) is 0 Å². The van der Waals surface area contributed by atoms with Crippen molar-refractivity contribution in [1.29, 1.82) is 0 Å². The maximum absolute atomic E-state index is 14.2. The second kappa shape index (κ2) is 6.38. The molecule has 21 heavy (non-hydrogen) atoms. The van der Waals surface area contributed by atoms with E-state index < -0.39 is 0 Å². The van der Waals surface area contributed by atoms with E-state index in [1.165, 1.54) is 18.2 Å². The molecule has 0 amide bonds. The summed E-state index contributed by atoms with van der Waals surface area (Å²) >= 11 is 0. The van der Waals surface area contributed by atoms with Gasteiger partial charge in [-0.05, 0) is 31.2 Å². The molecule has 1 N–H and O–H groups in total. The molecular formula is C16H23F2N3. The number of benzene rings is 1. The first-order valence-corrected chi connectivity index (χ1v) is 7.83. The zero-order valence-electron chi connectivity index (χ0n) is 12.5. The Hall–Kier alpha value is -1.04. The third kappa shape index (κ3) is 3.10. The van der Waals surface area contributed by atoms with Gasteiger partial charge in [-0.1, -0.05) is 6.92 Å². The molecule has 1 aromatic carbocycles. The molecule has 3 heterocycles. The second-order valence-electron chi connectivity index (χ2n) is 6.00. The molecule has 0 saturated carbocycles. The first-order valence-electron chi connectivity index (χ1n) is 7.83. The summed E-state index contributed by atoms with van der Waals surface area (Å²) in [6.07, 6.45) is 0.976. The lowest BCUT2D eigenvalue weighted by Crippen LogP contribution is -2.64. The van der Waals surface area contributed by atoms with Crippen LogP contribution in [-0.4, -0.2) is 55.1 Å². The van der Waals surface area contributed by atoms with Crippen molar-refractivity contribution in [3.63, 3.8) is 0 Å². The molecule has 2 unspecified atom stereocenters. The Balaban J connectivity index is 1.88. The minimum absolute atomic E-state index is 0.149. The molecule has 0 aliphatic carbocycles. The highest BCUT2D eigenvalue weighted by Gasteiger charge is 2.38. The van der Waals surface area contributed by atoms with Gasteiger partial charge in [-0.2, -0.15) is 0 Å². The number of halogens is 2. The van der Waals surface area contributed by atoms with Crippen LogP contribution in [0.25, 0.3) is 0 Å². The van der Waals surface area contributed by atoms with Gasteiger partial charge in [0.05, 0.1) is 6.04 Å². The molecule has 3 aliphatic rings. The van der Waals surface area contributed by atoms with Crippen LogP contribution in [0.15, 0.2) is 18.2 Å². The molecule has 0 radical (unpaired) electrons. The van der Waals surface area contributed by atoms with Crippen LogP contribution in [0.3, 0.4) is 0 Å². The number of hydrogen-bond acceptors (Lipinski definition) is 3. The van der Waals surface area contributed by atoms with Crippen LogP contribution in [0.1, 0.15) is 24.9 Å². The predicted octanol–water partition coefficient (Wildman–Crippen LogP) is 2.01. The molecule has 2 atom stereocenters. The van der Waals surface area contributed by atoms with Gasteiger partial charge in [-0.15, -0.1) is 0 Å². The van der Waals surface area contributed by atoms with Gasteiger partial charge in [-0.3, -0.25) is 9.80 Å². The number of fused-ring (bicyclic) bond motifs is 3. The fourth-order valence-electron chi connectivity index (χ4n) is 3.48. The molecule has 2 bridgehead atoms.